The lowest BCUT2D eigenvalue weighted by Crippen LogP contribution is -2.46. The van der Waals surface area contributed by atoms with Crippen LogP contribution in [0, 0.1) is 5.82 Å². The number of hydrogen-bond donors (Lipinski definition) is 1. The number of ether oxygens (including phenoxy) is 1. The van der Waals surface area contributed by atoms with E-state index in [-0.39, 0.29) is 33.7 Å². The number of amides is 2. The summed E-state index contributed by atoms with van der Waals surface area (Å²) < 4.78 is 20.1. The second kappa shape index (κ2) is 9.98. The van der Waals surface area contributed by atoms with E-state index < -0.39 is 17.3 Å². The molecule has 0 radical (unpaired) electrons. The summed E-state index contributed by atoms with van der Waals surface area (Å²) in [5.74, 6) is -0.497. The van der Waals surface area contributed by atoms with Crippen LogP contribution < -0.4 is 10.2 Å². The molecule has 1 N–H and O–H groups in total. The number of nitrogens with one attached hydrogen (secondary N) is 1. The number of nitrogens with zero attached hydrogens (tertiary/aromatic N) is 4. The average molecular weight is 570 g/mol. The minimum Gasteiger partial charge on any atom is -0.444 e. The molecule has 0 aliphatic carbocycles. The molecule has 1 aromatic heterocycles. The van der Waals surface area contributed by atoms with Crippen LogP contribution in [0.25, 0.3) is 0 Å². The number of aromatic nitrogens is 2. The Morgan fingerprint density at radius 3 is 2.72 bits per heavy atom. The van der Waals surface area contributed by atoms with Crippen LogP contribution in [0.4, 0.5) is 26.5 Å². The maximum atomic E-state index is 14.4. The van der Waals surface area contributed by atoms with Crippen molar-refractivity contribution < 1.29 is 18.7 Å². The van der Waals surface area contributed by atoms with Crippen molar-refractivity contribution in [3.63, 3.8) is 0 Å². The first kappa shape index (κ1) is 27.2. The second-order valence-corrected chi connectivity index (χ2v) is 12.5. The van der Waals surface area contributed by atoms with Gasteiger partial charge in [-0.25, -0.2) is 19.2 Å². The van der Waals surface area contributed by atoms with Gasteiger partial charge in [-0.3, -0.25) is 9.69 Å². The summed E-state index contributed by atoms with van der Waals surface area (Å²) >= 11 is 7.48. The maximum Gasteiger partial charge on any atom is 0.410 e. The van der Waals surface area contributed by atoms with Crippen molar-refractivity contribution >= 4 is 52.7 Å². The molecular formula is C28H29ClFN5O3S. The molecule has 11 heteroatoms. The molecule has 3 heterocycles. The van der Waals surface area contributed by atoms with Crippen LogP contribution in [0.5, 0.6) is 0 Å². The van der Waals surface area contributed by atoms with Gasteiger partial charge >= 0.3 is 6.09 Å². The molecule has 0 unspecified atom stereocenters. The van der Waals surface area contributed by atoms with Crippen molar-refractivity contribution in [1.82, 2.24) is 14.9 Å². The highest BCUT2D eigenvalue weighted by molar-refractivity contribution is 7.99. The highest BCUT2D eigenvalue weighted by Gasteiger charge is 2.36. The maximum absolute atomic E-state index is 14.4. The summed E-state index contributed by atoms with van der Waals surface area (Å²) in [4.78, 5) is 37.8. The standard InChI is InChI=1S/C28H29ClFN5O3S/c1-27(2,3)38-26(37)34-13-16-11-17(9-10-19(16)28(4,5)14-34)32-25-31-12-18-23(33-25)39-15-35(24(18)36)22-20(29)7-6-8-21(22)30/h6-12H,13-15H2,1-5H3,(H,31,32,33). The fraction of sp³-hybridized carbons (Fsp3) is 0.357. The van der Waals surface area contributed by atoms with Gasteiger partial charge in [-0.2, -0.15) is 0 Å². The van der Waals surface area contributed by atoms with Crippen molar-refractivity contribution in [1.29, 1.82) is 0 Å². The SMILES string of the molecule is CC(C)(C)OC(=O)N1Cc2cc(Nc3ncc4c(n3)SCN(c3c(F)cccc3Cl)C4=O)ccc2C(C)(C)C1. The van der Waals surface area contributed by atoms with Crippen LogP contribution >= 0.6 is 23.4 Å². The number of anilines is 3. The van der Waals surface area contributed by atoms with E-state index in [1.54, 1.807) is 11.0 Å². The second-order valence-electron chi connectivity index (χ2n) is 11.2. The smallest absolute Gasteiger partial charge is 0.410 e. The molecule has 0 fully saturated rings. The minimum absolute atomic E-state index is 0.0435. The molecule has 0 saturated carbocycles. The number of benzene rings is 2. The lowest BCUT2D eigenvalue weighted by Gasteiger charge is -2.40. The first-order valence-corrected chi connectivity index (χ1v) is 13.8. The van der Waals surface area contributed by atoms with E-state index in [2.05, 4.69) is 35.2 Å². The van der Waals surface area contributed by atoms with Gasteiger partial charge in [0.2, 0.25) is 5.95 Å². The number of halogens is 2. The van der Waals surface area contributed by atoms with Crippen molar-refractivity contribution in [3.8, 4) is 0 Å². The topological polar surface area (TPSA) is 87.7 Å². The number of carbonyl (C=O) groups excluding carboxylic acids is 2. The van der Waals surface area contributed by atoms with Crippen LogP contribution in [0.3, 0.4) is 0 Å². The highest BCUT2D eigenvalue weighted by Crippen LogP contribution is 2.38. The first-order valence-electron chi connectivity index (χ1n) is 12.5. The van der Waals surface area contributed by atoms with Gasteiger partial charge in [-0.1, -0.05) is 49.3 Å². The third-order valence-electron chi connectivity index (χ3n) is 6.46. The number of hydrogen-bond acceptors (Lipinski definition) is 7. The van der Waals surface area contributed by atoms with Gasteiger partial charge in [0.15, 0.2) is 0 Å². The number of thioether (sulfide) groups is 1. The van der Waals surface area contributed by atoms with Crippen LogP contribution in [0.15, 0.2) is 47.6 Å². The average Bonchev–Trinajstić information content (AvgIpc) is 2.83. The summed E-state index contributed by atoms with van der Waals surface area (Å²) in [6.45, 7) is 10.7. The van der Waals surface area contributed by atoms with Gasteiger partial charge in [-0.15, -0.1) is 0 Å². The zero-order valence-corrected chi connectivity index (χ0v) is 23.9. The predicted octanol–water partition coefficient (Wildman–Crippen LogP) is 6.75. The molecule has 0 bridgehead atoms. The van der Waals surface area contributed by atoms with E-state index in [0.29, 0.717) is 24.1 Å². The fourth-order valence-electron chi connectivity index (χ4n) is 4.80. The minimum atomic E-state index is -0.577. The van der Waals surface area contributed by atoms with Crippen molar-refractivity contribution in [3.05, 3.63) is 70.1 Å². The van der Waals surface area contributed by atoms with Crippen LogP contribution in [0.1, 0.15) is 56.1 Å². The Balaban J connectivity index is 1.36. The lowest BCUT2D eigenvalue weighted by molar-refractivity contribution is 0.0174. The largest absolute Gasteiger partial charge is 0.444 e. The van der Waals surface area contributed by atoms with Crippen molar-refractivity contribution in [2.75, 3.05) is 22.6 Å². The Bertz CT molecular complexity index is 1460. The van der Waals surface area contributed by atoms with Crippen LogP contribution in [-0.2, 0) is 16.7 Å². The molecule has 204 valence electrons. The van der Waals surface area contributed by atoms with Crippen LogP contribution in [-0.4, -0.2) is 44.9 Å². The zero-order chi connectivity index (χ0) is 28.1. The van der Waals surface area contributed by atoms with Crippen LogP contribution in [0.2, 0.25) is 5.02 Å². The molecule has 2 aliphatic rings. The Morgan fingerprint density at radius 1 is 1.23 bits per heavy atom. The normalized spacial score (nSPS) is 16.4. The van der Waals surface area contributed by atoms with Gasteiger partial charge in [0.25, 0.3) is 5.91 Å². The number of carbonyl (C=O) groups is 2. The van der Waals surface area contributed by atoms with E-state index in [1.165, 1.54) is 35.0 Å². The Hall–Kier alpha value is -3.37. The number of rotatable bonds is 3. The van der Waals surface area contributed by atoms with E-state index >= 15 is 0 Å². The number of para-hydroxylation sites is 1. The van der Waals surface area contributed by atoms with Gasteiger partial charge in [-0.05, 0) is 56.2 Å². The molecular weight excluding hydrogens is 541 g/mol. The van der Waals surface area contributed by atoms with E-state index in [1.807, 2.05) is 32.9 Å². The molecule has 2 aliphatic heterocycles. The summed E-state index contributed by atoms with van der Waals surface area (Å²) in [5, 5.41) is 3.87. The molecule has 2 aromatic carbocycles. The van der Waals surface area contributed by atoms with Crippen molar-refractivity contribution in [2.24, 2.45) is 0 Å². The molecule has 5 rings (SSSR count). The summed E-state index contributed by atoms with van der Waals surface area (Å²) in [6.07, 6.45) is 1.09. The fourth-order valence-corrected chi connectivity index (χ4v) is 6.01. The highest BCUT2D eigenvalue weighted by atomic mass is 35.5. The molecule has 39 heavy (non-hydrogen) atoms. The summed E-state index contributed by atoms with van der Waals surface area (Å²) in [6, 6.07) is 10.3. The van der Waals surface area contributed by atoms with E-state index in [9.17, 15) is 14.0 Å². The molecule has 2 amide bonds. The molecule has 0 atom stereocenters. The Kier molecular flexibility index (Phi) is 6.97. The molecule has 3 aromatic rings. The molecule has 0 saturated heterocycles. The third kappa shape index (κ3) is 5.53. The van der Waals surface area contributed by atoms with Gasteiger partial charge < -0.3 is 15.0 Å². The van der Waals surface area contributed by atoms with E-state index in [0.717, 1.165) is 16.8 Å². The summed E-state index contributed by atoms with van der Waals surface area (Å²) in [7, 11) is 0. The quantitative estimate of drug-likeness (QED) is 0.349. The monoisotopic (exact) mass is 569 g/mol. The van der Waals surface area contributed by atoms with E-state index in [4.69, 9.17) is 16.3 Å². The van der Waals surface area contributed by atoms with Gasteiger partial charge in [0, 0.05) is 30.4 Å². The third-order valence-corrected chi connectivity index (χ3v) is 7.73. The van der Waals surface area contributed by atoms with Gasteiger partial charge in [0.05, 0.1) is 22.2 Å². The summed E-state index contributed by atoms with van der Waals surface area (Å²) in [5.41, 5.74) is 2.40. The Labute approximate surface area is 235 Å². The molecule has 8 nitrogen and oxygen atoms in total. The molecule has 0 spiro atoms. The Morgan fingerprint density at radius 2 is 2.00 bits per heavy atom. The van der Waals surface area contributed by atoms with Gasteiger partial charge in [0.1, 0.15) is 16.4 Å². The number of fused-ring (bicyclic) bond motifs is 2. The first-order chi connectivity index (χ1) is 18.3. The predicted molar refractivity (Wildman–Crippen MR) is 150 cm³/mol. The lowest BCUT2D eigenvalue weighted by atomic mass is 9.78. The zero-order valence-electron chi connectivity index (χ0n) is 22.3. The van der Waals surface area contributed by atoms with Crippen molar-refractivity contribution in [2.45, 2.75) is 57.2 Å².